The zero-order valence-electron chi connectivity index (χ0n) is 14.0. The van der Waals surface area contributed by atoms with Gasteiger partial charge in [0.25, 0.3) is 0 Å². The Hall–Kier alpha value is -1.14. The molecule has 0 aliphatic carbocycles. The van der Waals surface area contributed by atoms with Gasteiger partial charge in [0.05, 0.1) is 5.25 Å². The first-order valence-electron chi connectivity index (χ1n) is 7.70. The van der Waals surface area contributed by atoms with Crippen LogP contribution in [0.5, 0.6) is 0 Å². The highest BCUT2D eigenvalue weighted by Crippen LogP contribution is 2.29. The summed E-state index contributed by atoms with van der Waals surface area (Å²) in [6.07, 6.45) is 5.25. The lowest BCUT2D eigenvalue weighted by Gasteiger charge is -2.46. The molecule has 0 saturated carbocycles. The van der Waals surface area contributed by atoms with Crippen molar-refractivity contribution in [2.75, 3.05) is 0 Å². The topological polar surface area (TPSA) is 66.9 Å². The van der Waals surface area contributed by atoms with Crippen LogP contribution in [0, 0.1) is 0 Å². The zero-order valence-corrected chi connectivity index (χ0v) is 14.8. The first-order valence-corrected chi connectivity index (χ1v) is 8.58. The second-order valence-electron chi connectivity index (χ2n) is 7.30. The summed E-state index contributed by atoms with van der Waals surface area (Å²) in [6, 6.07) is 1.96. The van der Waals surface area contributed by atoms with E-state index in [-0.39, 0.29) is 28.3 Å². The normalized spacial score (nSPS) is 22.0. The molecule has 1 saturated heterocycles. The van der Waals surface area contributed by atoms with Crippen LogP contribution in [0.15, 0.2) is 23.6 Å². The number of amides is 1. The molecule has 1 fully saturated rings. The Morgan fingerprint density at radius 2 is 1.82 bits per heavy atom. The maximum Gasteiger partial charge on any atom is 0.233 e. The van der Waals surface area contributed by atoms with Crippen LogP contribution in [0.25, 0.3) is 0 Å². The van der Waals surface area contributed by atoms with E-state index in [0.29, 0.717) is 5.16 Å². The van der Waals surface area contributed by atoms with Gasteiger partial charge in [-0.2, -0.15) is 0 Å². The Morgan fingerprint density at radius 1 is 1.27 bits per heavy atom. The third-order valence-corrected chi connectivity index (χ3v) is 4.72. The molecule has 22 heavy (non-hydrogen) atoms. The molecule has 2 rings (SSSR count). The van der Waals surface area contributed by atoms with Gasteiger partial charge in [-0.25, -0.2) is 9.97 Å². The number of carbonyl (C=O) groups excluding carboxylic acids is 1. The lowest BCUT2D eigenvalue weighted by atomic mass is 9.79. The van der Waals surface area contributed by atoms with E-state index in [1.165, 1.54) is 11.8 Å². The van der Waals surface area contributed by atoms with E-state index in [4.69, 9.17) is 0 Å². The van der Waals surface area contributed by atoms with Gasteiger partial charge < -0.3 is 10.6 Å². The number of thioether (sulfide) groups is 1. The van der Waals surface area contributed by atoms with Crippen molar-refractivity contribution in [1.82, 2.24) is 20.6 Å². The van der Waals surface area contributed by atoms with Crippen molar-refractivity contribution in [2.24, 2.45) is 0 Å². The van der Waals surface area contributed by atoms with Gasteiger partial charge in [-0.15, -0.1) is 0 Å². The smallest absolute Gasteiger partial charge is 0.233 e. The molecule has 1 atom stereocenters. The molecule has 122 valence electrons. The van der Waals surface area contributed by atoms with E-state index in [1.807, 2.05) is 6.92 Å². The van der Waals surface area contributed by atoms with Crippen LogP contribution in [0.2, 0.25) is 0 Å². The van der Waals surface area contributed by atoms with Gasteiger partial charge in [-0.1, -0.05) is 11.8 Å². The summed E-state index contributed by atoms with van der Waals surface area (Å²) in [5.41, 5.74) is 0.0528. The Labute approximate surface area is 137 Å². The van der Waals surface area contributed by atoms with Crippen LogP contribution < -0.4 is 10.6 Å². The zero-order chi connectivity index (χ0) is 16.4. The van der Waals surface area contributed by atoms with Gasteiger partial charge in [0.1, 0.15) is 0 Å². The predicted molar refractivity (Wildman–Crippen MR) is 89.8 cm³/mol. The fourth-order valence-electron chi connectivity index (χ4n) is 3.30. The Kier molecular flexibility index (Phi) is 5.12. The van der Waals surface area contributed by atoms with Gasteiger partial charge in [0, 0.05) is 29.5 Å². The van der Waals surface area contributed by atoms with Gasteiger partial charge >= 0.3 is 0 Å². The number of nitrogens with one attached hydrogen (secondary N) is 2. The number of hydrogen-bond donors (Lipinski definition) is 2. The minimum Gasteiger partial charge on any atom is -0.352 e. The quantitative estimate of drug-likeness (QED) is 0.658. The molecule has 1 aliphatic heterocycles. The number of piperidine rings is 1. The van der Waals surface area contributed by atoms with Crippen molar-refractivity contribution in [3.8, 4) is 0 Å². The van der Waals surface area contributed by atoms with Gasteiger partial charge in [0.2, 0.25) is 5.91 Å². The minimum absolute atomic E-state index is 0.0264. The molecule has 6 heteroatoms. The summed E-state index contributed by atoms with van der Waals surface area (Å²) in [7, 11) is 0. The first-order chi connectivity index (χ1) is 10.2. The van der Waals surface area contributed by atoms with Crippen molar-refractivity contribution in [3.05, 3.63) is 18.5 Å². The third kappa shape index (κ3) is 4.95. The van der Waals surface area contributed by atoms with Crippen LogP contribution in [0.1, 0.15) is 47.5 Å². The molecule has 2 N–H and O–H groups in total. The lowest BCUT2D eigenvalue weighted by molar-refractivity contribution is -0.121. The molecule has 0 spiro atoms. The second-order valence-corrected chi connectivity index (χ2v) is 8.61. The second kappa shape index (κ2) is 6.54. The first kappa shape index (κ1) is 17.2. The van der Waals surface area contributed by atoms with Crippen molar-refractivity contribution < 1.29 is 4.79 Å². The Bertz CT molecular complexity index is 502. The van der Waals surface area contributed by atoms with E-state index < -0.39 is 0 Å². The summed E-state index contributed by atoms with van der Waals surface area (Å²) >= 11 is 1.39. The molecule has 0 aromatic carbocycles. The van der Waals surface area contributed by atoms with Crippen LogP contribution in [0.4, 0.5) is 0 Å². The molecule has 1 amide bonds. The van der Waals surface area contributed by atoms with E-state index in [1.54, 1.807) is 18.5 Å². The van der Waals surface area contributed by atoms with Gasteiger partial charge in [0.15, 0.2) is 5.16 Å². The number of rotatable bonds is 4. The summed E-state index contributed by atoms with van der Waals surface area (Å²) in [6.45, 7) is 10.6. The van der Waals surface area contributed by atoms with E-state index in [2.05, 4.69) is 48.3 Å². The average Bonchev–Trinajstić information content (AvgIpc) is 2.35. The average molecular weight is 322 g/mol. The molecular formula is C16H26N4OS. The van der Waals surface area contributed by atoms with E-state index >= 15 is 0 Å². The molecule has 0 bridgehead atoms. The third-order valence-electron chi connectivity index (χ3n) is 3.73. The fourth-order valence-corrected chi connectivity index (χ4v) is 4.04. The van der Waals surface area contributed by atoms with E-state index in [0.717, 1.165) is 12.8 Å². The molecule has 2 heterocycles. The van der Waals surface area contributed by atoms with Crippen molar-refractivity contribution in [1.29, 1.82) is 0 Å². The predicted octanol–water partition coefficient (Wildman–Crippen LogP) is 2.38. The van der Waals surface area contributed by atoms with Crippen LogP contribution in [0.3, 0.4) is 0 Å². The highest BCUT2D eigenvalue weighted by Gasteiger charge is 2.38. The molecule has 0 radical (unpaired) electrons. The maximum atomic E-state index is 12.4. The largest absolute Gasteiger partial charge is 0.352 e. The minimum atomic E-state index is -0.205. The van der Waals surface area contributed by atoms with Crippen molar-refractivity contribution >= 4 is 17.7 Å². The van der Waals surface area contributed by atoms with Crippen LogP contribution >= 0.6 is 11.8 Å². The number of carbonyl (C=O) groups is 1. The fraction of sp³-hybridized carbons (Fsp3) is 0.688. The van der Waals surface area contributed by atoms with E-state index in [9.17, 15) is 4.79 Å². The summed E-state index contributed by atoms with van der Waals surface area (Å²) in [5.74, 6) is 0.0518. The maximum absolute atomic E-state index is 12.4. The molecule has 1 aromatic rings. The SMILES string of the molecule is CC(Sc1ncccn1)C(=O)NC1CC(C)(C)NC(C)(C)C1. The van der Waals surface area contributed by atoms with Gasteiger partial charge in [-0.05, 0) is 53.5 Å². The molecule has 1 unspecified atom stereocenters. The number of nitrogens with zero attached hydrogens (tertiary/aromatic N) is 2. The highest BCUT2D eigenvalue weighted by atomic mass is 32.2. The molecular weight excluding hydrogens is 296 g/mol. The number of hydrogen-bond acceptors (Lipinski definition) is 5. The van der Waals surface area contributed by atoms with Crippen molar-refractivity contribution in [2.45, 2.75) is 75.0 Å². The molecule has 5 nitrogen and oxygen atoms in total. The lowest BCUT2D eigenvalue weighted by Crippen LogP contribution is -2.62. The Morgan fingerprint density at radius 3 is 2.36 bits per heavy atom. The molecule has 1 aliphatic rings. The standard InChI is InChI=1S/C16H26N4OS/c1-11(22-14-17-7-6-8-18-14)13(21)19-12-9-15(2,3)20-16(4,5)10-12/h6-8,11-12,20H,9-10H2,1-5H3,(H,19,21). The van der Waals surface area contributed by atoms with Gasteiger partial charge in [-0.3, -0.25) is 4.79 Å². The van der Waals surface area contributed by atoms with Crippen LogP contribution in [-0.2, 0) is 4.79 Å². The highest BCUT2D eigenvalue weighted by molar-refractivity contribution is 8.00. The number of aromatic nitrogens is 2. The monoisotopic (exact) mass is 322 g/mol. The Balaban J connectivity index is 1.93. The summed E-state index contributed by atoms with van der Waals surface area (Å²) < 4.78 is 0. The van der Waals surface area contributed by atoms with Crippen LogP contribution in [-0.4, -0.2) is 38.2 Å². The summed E-state index contributed by atoms with van der Waals surface area (Å²) in [5, 5.41) is 7.25. The molecule has 1 aromatic heterocycles. The summed E-state index contributed by atoms with van der Waals surface area (Å²) in [4.78, 5) is 20.7. The van der Waals surface area contributed by atoms with Crippen molar-refractivity contribution in [3.63, 3.8) is 0 Å².